The Kier molecular flexibility index (Phi) is 6.58. The van der Waals surface area contributed by atoms with Crippen LogP contribution in [0.4, 0.5) is 10.1 Å². The first kappa shape index (κ1) is 21.2. The molecule has 30 heavy (non-hydrogen) atoms. The Bertz CT molecular complexity index is 1170. The van der Waals surface area contributed by atoms with Crippen LogP contribution in [0, 0.1) is 12.7 Å². The molecule has 0 heterocycles. The van der Waals surface area contributed by atoms with E-state index in [-0.39, 0.29) is 10.5 Å². The van der Waals surface area contributed by atoms with Gasteiger partial charge in [-0.15, -0.1) is 0 Å². The van der Waals surface area contributed by atoms with E-state index in [2.05, 4.69) is 10.5 Å². The summed E-state index contributed by atoms with van der Waals surface area (Å²) in [5.41, 5.74) is 3.54. The van der Waals surface area contributed by atoms with Gasteiger partial charge in [0.05, 0.1) is 16.8 Å². The van der Waals surface area contributed by atoms with Crippen LogP contribution < -0.4 is 9.73 Å². The number of halogens is 1. The highest BCUT2D eigenvalue weighted by Crippen LogP contribution is 2.26. The molecule has 3 aromatic carbocycles. The third kappa shape index (κ3) is 4.90. The molecule has 0 aliphatic rings. The number of hydrogen-bond donors (Lipinski definition) is 1. The number of carbonyl (C=O) groups excluding carboxylic acids is 1. The molecule has 0 saturated carbocycles. The molecular weight excluding hydrogens is 405 g/mol. The minimum absolute atomic E-state index is 0.0657. The average Bonchev–Trinajstić information content (AvgIpc) is 2.74. The van der Waals surface area contributed by atoms with Crippen LogP contribution in [0.2, 0.25) is 0 Å². The predicted octanol–water partition coefficient (Wildman–Crippen LogP) is 3.48. The van der Waals surface area contributed by atoms with Crippen LogP contribution in [0.3, 0.4) is 0 Å². The number of hydrogen-bond acceptors (Lipinski definition) is 4. The maximum absolute atomic E-state index is 13.6. The number of nitrogens with one attached hydrogen (secondary N) is 1. The molecule has 3 aromatic rings. The lowest BCUT2D eigenvalue weighted by Gasteiger charge is -2.25. The molecule has 1 N–H and O–H groups in total. The van der Waals surface area contributed by atoms with E-state index < -0.39 is 28.3 Å². The van der Waals surface area contributed by atoms with Crippen molar-refractivity contribution >= 4 is 27.8 Å². The monoisotopic (exact) mass is 425 g/mol. The van der Waals surface area contributed by atoms with Crippen molar-refractivity contribution in [1.82, 2.24) is 5.43 Å². The summed E-state index contributed by atoms with van der Waals surface area (Å²) in [7, 11) is -3.99. The number of anilines is 1. The van der Waals surface area contributed by atoms with Crippen LogP contribution in [0.5, 0.6) is 0 Å². The van der Waals surface area contributed by atoms with Gasteiger partial charge in [0.15, 0.2) is 0 Å². The van der Waals surface area contributed by atoms with Gasteiger partial charge >= 0.3 is 0 Å². The number of amides is 1. The zero-order chi connectivity index (χ0) is 21.6. The van der Waals surface area contributed by atoms with E-state index in [9.17, 15) is 17.6 Å². The minimum atomic E-state index is -3.99. The molecular formula is C22H20FN3O3S. The fourth-order valence-corrected chi connectivity index (χ4v) is 4.29. The molecule has 0 spiro atoms. The maximum atomic E-state index is 13.6. The highest BCUT2D eigenvalue weighted by molar-refractivity contribution is 7.92. The molecule has 0 aromatic heterocycles. The molecule has 154 valence electrons. The number of hydrazone groups is 1. The van der Waals surface area contributed by atoms with E-state index in [0.717, 1.165) is 10.5 Å². The molecule has 0 fully saturated rings. The van der Waals surface area contributed by atoms with Gasteiger partial charge in [0.25, 0.3) is 15.9 Å². The van der Waals surface area contributed by atoms with Crippen molar-refractivity contribution in [2.45, 2.75) is 11.8 Å². The number of rotatable bonds is 7. The molecule has 0 radical (unpaired) electrons. The summed E-state index contributed by atoms with van der Waals surface area (Å²) in [6, 6.07) is 20.7. The second-order valence-electron chi connectivity index (χ2n) is 6.43. The molecule has 6 nitrogen and oxygen atoms in total. The summed E-state index contributed by atoms with van der Waals surface area (Å²) in [5.74, 6) is -1.14. The van der Waals surface area contributed by atoms with Crippen molar-refractivity contribution < 1.29 is 17.6 Å². The van der Waals surface area contributed by atoms with Crippen LogP contribution in [-0.4, -0.2) is 27.1 Å². The van der Waals surface area contributed by atoms with Gasteiger partial charge in [-0.25, -0.2) is 18.2 Å². The van der Waals surface area contributed by atoms with Crippen LogP contribution in [0.1, 0.15) is 11.1 Å². The number of nitrogens with zero attached hydrogens (tertiary/aromatic N) is 2. The maximum Gasteiger partial charge on any atom is 0.264 e. The second kappa shape index (κ2) is 9.32. The first-order valence-electron chi connectivity index (χ1n) is 9.09. The van der Waals surface area contributed by atoms with Gasteiger partial charge in [0.2, 0.25) is 0 Å². The van der Waals surface area contributed by atoms with Crippen LogP contribution in [-0.2, 0) is 14.8 Å². The van der Waals surface area contributed by atoms with Crippen LogP contribution in [0.15, 0.2) is 88.9 Å². The highest BCUT2D eigenvalue weighted by Gasteiger charge is 2.27. The molecule has 0 aliphatic carbocycles. The van der Waals surface area contributed by atoms with Crippen LogP contribution >= 0.6 is 0 Å². The summed E-state index contributed by atoms with van der Waals surface area (Å²) < 4.78 is 41.1. The number of aryl methyl sites for hydroxylation is 1. The number of benzene rings is 3. The third-order valence-corrected chi connectivity index (χ3v) is 6.07. The first-order valence-corrected chi connectivity index (χ1v) is 10.5. The largest absolute Gasteiger partial charge is 0.271 e. The molecule has 0 unspecified atom stereocenters. The van der Waals surface area contributed by atoms with E-state index in [1.54, 1.807) is 61.5 Å². The summed E-state index contributed by atoms with van der Waals surface area (Å²) in [4.78, 5) is 12.5. The van der Waals surface area contributed by atoms with E-state index in [0.29, 0.717) is 11.3 Å². The van der Waals surface area contributed by atoms with E-state index in [1.807, 2.05) is 0 Å². The molecule has 0 atom stereocenters. The first-order chi connectivity index (χ1) is 14.4. The van der Waals surface area contributed by atoms with E-state index in [4.69, 9.17) is 0 Å². The van der Waals surface area contributed by atoms with Gasteiger partial charge in [-0.1, -0.05) is 54.6 Å². The lowest BCUT2D eigenvalue weighted by Crippen LogP contribution is -2.40. The van der Waals surface area contributed by atoms with Crippen molar-refractivity contribution in [3.05, 3.63) is 95.8 Å². The van der Waals surface area contributed by atoms with Crippen LogP contribution in [0.25, 0.3) is 0 Å². The topological polar surface area (TPSA) is 78.8 Å². The standard InChI is InChI=1S/C22H20FN3O3S/c1-17-9-5-8-14-21(17)26(30(28,29)19-11-3-2-4-12-19)16-22(27)25-24-15-18-10-6-7-13-20(18)23/h2-15H,16H2,1H3,(H,25,27)/b24-15-. The fraction of sp³-hybridized carbons (Fsp3) is 0.0909. The van der Waals surface area contributed by atoms with Crippen molar-refractivity contribution in [2.75, 3.05) is 10.8 Å². The van der Waals surface area contributed by atoms with Crippen molar-refractivity contribution in [3.8, 4) is 0 Å². The van der Waals surface area contributed by atoms with E-state index >= 15 is 0 Å². The molecule has 0 bridgehead atoms. The third-order valence-electron chi connectivity index (χ3n) is 4.30. The smallest absolute Gasteiger partial charge is 0.264 e. The number of sulfonamides is 1. The van der Waals surface area contributed by atoms with Crippen molar-refractivity contribution in [3.63, 3.8) is 0 Å². The summed E-state index contributed by atoms with van der Waals surface area (Å²) in [6.45, 7) is 1.27. The van der Waals surface area contributed by atoms with Gasteiger partial charge in [0, 0.05) is 5.56 Å². The SMILES string of the molecule is Cc1ccccc1N(CC(=O)N/N=C\c1ccccc1F)S(=O)(=O)c1ccccc1. The zero-order valence-corrected chi connectivity index (χ0v) is 17.0. The van der Waals surface area contributed by atoms with Gasteiger partial charge in [-0.05, 0) is 36.8 Å². The summed E-state index contributed by atoms with van der Waals surface area (Å²) in [6.07, 6.45) is 1.16. The average molecular weight is 425 g/mol. The molecule has 3 rings (SSSR count). The molecule has 0 aliphatic heterocycles. The van der Waals surface area contributed by atoms with E-state index in [1.165, 1.54) is 24.3 Å². The molecule has 1 amide bonds. The summed E-state index contributed by atoms with van der Waals surface area (Å²) >= 11 is 0. The molecule has 8 heteroatoms. The minimum Gasteiger partial charge on any atom is -0.271 e. The second-order valence-corrected chi connectivity index (χ2v) is 8.29. The number of para-hydroxylation sites is 1. The highest BCUT2D eigenvalue weighted by atomic mass is 32.2. The Morgan fingerprint density at radius 1 is 1.00 bits per heavy atom. The Labute approximate surface area is 174 Å². The lowest BCUT2D eigenvalue weighted by atomic mass is 10.2. The van der Waals surface area contributed by atoms with Gasteiger partial charge in [-0.2, -0.15) is 5.10 Å². The quantitative estimate of drug-likeness (QED) is 0.465. The van der Waals surface area contributed by atoms with Crippen molar-refractivity contribution in [1.29, 1.82) is 0 Å². The summed E-state index contributed by atoms with van der Waals surface area (Å²) in [5, 5.41) is 3.74. The van der Waals surface area contributed by atoms with Gasteiger partial charge in [0.1, 0.15) is 12.4 Å². The Morgan fingerprint density at radius 2 is 1.63 bits per heavy atom. The predicted molar refractivity (Wildman–Crippen MR) is 114 cm³/mol. The zero-order valence-electron chi connectivity index (χ0n) is 16.2. The fourth-order valence-electron chi connectivity index (χ4n) is 2.78. The Balaban J connectivity index is 1.85. The Morgan fingerprint density at radius 3 is 2.33 bits per heavy atom. The molecule has 0 saturated heterocycles. The Hall–Kier alpha value is -3.52. The number of carbonyl (C=O) groups is 1. The van der Waals surface area contributed by atoms with Crippen molar-refractivity contribution in [2.24, 2.45) is 5.10 Å². The normalized spacial score (nSPS) is 11.4. The van der Waals surface area contributed by atoms with Gasteiger partial charge in [-0.3, -0.25) is 9.10 Å². The van der Waals surface area contributed by atoms with Gasteiger partial charge < -0.3 is 0 Å². The lowest BCUT2D eigenvalue weighted by molar-refractivity contribution is -0.119.